The average Bonchev–Trinajstić information content (AvgIpc) is 3.08. The van der Waals surface area contributed by atoms with E-state index < -0.39 is 9.84 Å². The summed E-state index contributed by atoms with van der Waals surface area (Å²) in [6.07, 6.45) is 4.25. The van der Waals surface area contributed by atoms with Crippen LogP contribution in [0.25, 0.3) is 5.69 Å². The molecule has 20 heavy (non-hydrogen) atoms. The van der Waals surface area contributed by atoms with Crippen molar-refractivity contribution in [2.24, 2.45) is 0 Å². The Bertz CT molecular complexity index is 717. The number of carbonyl (C=O) groups excluding carboxylic acids is 1. The Morgan fingerprint density at radius 3 is 2.75 bits per heavy atom. The topological polar surface area (TPSA) is 68.2 Å². The van der Waals surface area contributed by atoms with Gasteiger partial charge < -0.3 is 9.88 Å². The summed E-state index contributed by atoms with van der Waals surface area (Å²) in [7, 11) is -2.98. The molecule has 1 aliphatic heterocycles. The number of hydrogen-bond acceptors (Lipinski definition) is 4. The number of sulfone groups is 1. The molecule has 3 heterocycles. The van der Waals surface area contributed by atoms with E-state index >= 15 is 0 Å². The second-order valence-corrected chi connectivity index (χ2v) is 7.94. The molecule has 7 heteroatoms. The molecular formula is C13H14N2O3S2. The molecule has 1 atom stereocenters. The highest BCUT2D eigenvalue weighted by Crippen LogP contribution is 2.22. The van der Waals surface area contributed by atoms with Crippen LogP contribution in [0.3, 0.4) is 0 Å². The molecule has 0 saturated carbocycles. The van der Waals surface area contributed by atoms with Gasteiger partial charge in [-0.25, -0.2) is 8.42 Å². The second-order valence-electron chi connectivity index (χ2n) is 4.80. The van der Waals surface area contributed by atoms with E-state index in [-0.39, 0.29) is 23.5 Å². The first kappa shape index (κ1) is 13.4. The molecule has 1 saturated heterocycles. The molecule has 1 N–H and O–H groups in total. The SMILES string of the molecule is O=C(NC1CCS(=O)(=O)C1)c1sccc1-n1cccc1. The Labute approximate surface area is 121 Å². The number of aromatic nitrogens is 1. The van der Waals surface area contributed by atoms with Gasteiger partial charge in [0.05, 0.1) is 17.2 Å². The van der Waals surface area contributed by atoms with E-state index in [0.29, 0.717) is 11.3 Å². The molecule has 1 amide bonds. The second kappa shape index (κ2) is 5.06. The van der Waals surface area contributed by atoms with Crippen molar-refractivity contribution in [1.29, 1.82) is 0 Å². The van der Waals surface area contributed by atoms with Crippen LogP contribution in [0.5, 0.6) is 0 Å². The van der Waals surface area contributed by atoms with Crippen LogP contribution in [0, 0.1) is 0 Å². The fourth-order valence-corrected chi connectivity index (χ4v) is 4.80. The lowest BCUT2D eigenvalue weighted by atomic mass is 10.2. The van der Waals surface area contributed by atoms with E-state index in [1.807, 2.05) is 40.5 Å². The minimum atomic E-state index is -2.98. The number of hydrogen-bond donors (Lipinski definition) is 1. The Kier molecular flexibility index (Phi) is 3.39. The summed E-state index contributed by atoms with van der Waals surface area (Å²) in [5, 5.41) is 4.67. The zero-order chi connectivity index (χ0) is 14.2. The van der Waals surface area contributed by atoms with Crippen molar-refractivity contribution in [3.63, 3.8) is 0 Å². The van der Waals surface area contributed by atoms with Crippen molar-refractivity contribution < 1.29 is 13.2 Å². The number of carbonyl (C=O) groups is 1. The van der Waals surface area contributed by atoms with Crippen LogP contribution in [0.15, 0.2) is 36.0 Å². The Morgan fingerprint density at radius 1 is 1.35 bits per heavy atom. The van der Waals surface area contributed by atoms with Crippen LogP contribution in [0.1, 0.15) is 16.1 Å². The Balaban J connectivity index is 1.77. The monoisotopic (exact) mass is 310 g/mol. The lowest BCUT2D eigenvalue weighted by molar-refractivity contribution is 0.0945. The van der Waals surface area contributed by atoms with E-state index in [1.165, 1.54) is 11.3 Å². The quantitative estimate of drug-likeness (QED) is 0.933. The summed E-state index contributed by atoms with van der Waals surface area (Å²) in [4.78, 5) is 12.9. The van der Waals surface area contributed by atoms with E-state index in [2.05, 4.69) is 5.32 Å². The van der Waals surface area contributed by atoms with Gasteiger partial charge >= 0.3 is 0 Å². The van der Waals surface area contributed by atoms with Crippen molar-refractivity contribution in [2.75, 3.05) is 11.5 Å². The summed E-state index contributed by atoms with van der Waals surface area (Å²) in [5.74, 6) is 0.00122. The summed E-state index contributed by atoms with van der Waals surface area (Å²) in [5.41, 5.74) is 0.818. The Morgan fingerprint density at radius 2 is 2.10 bits per heavy atom. The first-order valence-corrected chi connectivity index (χ1v) is 8.97. The number of thiophene rings is 1. The smallest absolute Gasteiger partial charge is 0.263 e. The fraction of sp³-hybridized carbons (Fsp3) is 0.308. The number of rotatable bonds is 3. The van der Waals surface area contributed by atoms with Gasteiger partial charge in [-0.2, -0.15) is 0 Å². The molecule has 0 spiro atoms. The summed E-state index contributed by atoms with van der Waals surface area (Å²) in [6, 6.07) is 5.39. The standard InChI is InChI=1S/C13H14N2O3S2/c16-13(14-10-4-8-20(17,18)9-10)12-11(3-7-19-12)15-5-1-2-6-15/h1-3,5-7,10H,4,8-9H2,(H,14,16). The van der Waals surface area contributed by atoms with Crippen LogP contribution in [0.2, 0.25) is 0 Å². The molecule has 106 valence electrons. The predicted molar refractivity (Wildman–Crippen MR) is 78.2 cm³/mol. The summed E-state index contributed by atoms with van der Waals surface area (Å²) >= 11 is 1.36. The zero-order valence-corrected chi connectivity index (χ0v) is 12.3. The van der Waals surface area contributed by atoms with Gasteiger partial charge in [-0.3, -0.25) is 4.79 Å². The van der Waals surface area contributed by atoms with Crippen LogP contribution in [-0.2, 0) is 9.84 Å². The molecule has 0 aliphatic carbocycles. The van der Waals surface area contributed by atoms with Gasteiger partial charge in [-0.05, 0) is 30.0 Å². The number of nitrogens with zero attached hydrogens (tertiary/aromatic N) is 1. The molecule has 1 aliphatic rings. The maximum Gasteiger partial charge on any atom is 0.263 e. The van der Waals surface area contributed by atoms with Gasteiger partial charge in [0.15, 0.2) is 9.84 Å². The molecule has 3 rings (SSSR count). The van der Waals surface area contributed by atoms with Crippen molar-refractivity contribution >= 4 is 27.1 Å². The third kappa shape index (κ3) is 2.64. The molecule has 0 aromatic carbocycles. The van der Waals surface area contributed by atoms with Gasteiger partial charge in [0, 0.05) is 18.4 Å². The van der Waals surface area contributed by atoms with E-state index in [4.69, 9.17) is 0 Å². The van der Waals surface area contributed by atoms with Crippen molar-refractivity contribution in [3.8, 4) is 5.69 Å². The van der Waals surface area contributed by atoms with Gasteiger partial charge in [0.25, 0.3) is 5.91 Å². The maximum atomic E-state index is 12.3. The minimum Gasteiger partial charge on any atom is -0.347 e. The normalized spacial score (nSPS) is 20.9. The van der Waals surface area contributed by atoms with Gasteiger partial charge in [-0.1, -0.05) is 0 Å². The molecule has 0 bridgehead atoms. The van der Waals surface area contributed by atoms with E-state index in [0.717, 1.165) is 5.69 Å². The summed E-state index contributed by atoms with van der Waals surface area (Å²) in [6.45, 7) is 0. The van der Waals surface area contributed by atoms with Crippen LogP contribution in [-0.4, -0.2) is 36.4 Å². The van der Waals surface area contributed by atoms with Crippen LogP contribution in [0.4, 0.5) is 0 Å². The van der Waals surface area contributed by atoms with Gasteiger partial charge in [-0.15, -0.1) is 11.3 Å². The lowest BCUT2D eigenvalue weighted by Gasteiger charge is -2.11. The first-order chi connectivity index (χ1) is 9.55. The lowest BCUT2D eigenvalue weighted by Crippen LogP contribution is -2.35. The first-order valence-electron chi connectivity index (χ1n) is 6.27. The third-order valence-corrected chi connectivity index (χ3v) is 5.97. The van der Waals surface area contributed by atoms with Crippen molar-refractivity contribution in [2.45, 2.75) is 12.5 Å². The number of amides is 1. The van der Waals surface area contributed by atoms with E-state index in [9.17, 15) is 13.2 Å². The van der Waals surface area contributed by atoms with Crippen molar-refractivity contribution in [3.05, 3.63) is 40.8 Å². The predicted octanol–water partition coefficient (Wildman–Crippen LogP) is 1.46. The average molecular weight is 310 g/mol. The van der Waals surface area contributed by atoms with Gasteiger partial charge in [0.1, 0.15) is 4.88 Å². The molecule has 1 fully saturated rings. The Hall–Kier alpha value is -1.60. The van der Waals surface area contributed by atoms with Crippen LogP contribution >= 0.6 is 11.3 Å². The zero-order valence-electron chi connectivity index (χ0n) is 10.7. The van der Waals surface area contributed by atoms with Crippen LogP contribution < -0.4 is 5.32 Å². The van der Waals surface area contributed by atoms with E-state index in [1.54, 1.807) is 0 Å². The molecule has 5 nitrogen and oxygen atoms in total. The molecular weight excluding hydrogens is 296 g/mol. The largest absolute Gasteiger partial charge is 0.347 e. The third-order valence-electron chi connectivity index (χ3n) is 3.30. The highest BCUT2D eigenvalue weighted by atomic mass is 32.2. The fourth-order valence-electron chi connectivity index (χ4n) is 2.33. The minimum absolute atomic E-state index is 0.0446. The number of nitrogens with one attached hydrogen (secondary N) is 1. The maximum absolute atomic E-state index is 12.3. The highest BCUT2D eigenvalue weighted by Gasteiger charge is 2.29. The molecule has 2 aromatic heterocycles. The molecule has 2 aromatic rings. The van der Waals surface area contributed by atoms with Gasteiger partial charge in [0.2, 0.25) is 0 Å². The molecule has 1 unspecified atom stereocenters. The van der Waals surface area contributed by atoms with Crippen molar-refractivity contribution in [1.82, 2.24) is 9.88 Å². The molecule has 0 radical (unpaired) electrons. The summed E-state index contributed by atoms with van der Waals surface area (Å²) < 4.78 is 24.7. The highest BCUT2D eigenvalue weighted by molar-refractivity contribution is 7.91.